The lowest BCUT2D eigenvalue weighted by atomic mass is 10.1. The Kier molecular flexibility index (Phi) is 4.28. The van der Waals surface area contributed by atoms with Gasteiger partial charge in [0.05, 0.1) is 7.11 Å². The Bertz CT molecular complexity index is 371. The zero-order valence-electron chi connectivity index (χ0n) is 9.39. The smallest absolute Gasteiger partial charge is 0.339 e. The van der Waals surface area contributed by atoms with Gasteiger partial charge in [-0.25, -0.2) is 4.79 Å². The second kappa shape index (κ2) is 5.48. The van der Waals surface area contributed by atoms with Gasteiger partial charge >= 0.3 is 5.97 Å². The van der Waals surface area contributed by atoms with Crippen LogP contribution in [0.4, 0.5) is 0 Å². The van der Waals surface area contributed by atoms with E-state index in [1.54, 1.807) is 18.2 Å². The number of aromatic carboxylic acids is 1. The molecule has 1 aromatic carbocycles. The molecule has 0 spiro atoms. The van der Waals surface area contributed by atoms with Crippen molar-refractivity contribution in [1.29, 1.82) is 0 Å². The molecule has 0 amide bonds. The highest BCUT2D eigenvalue weighted by atomic mass is 16.7. The Labute approximate surface area is 93.6 Å². The summed E-state index contributed by atoms with van der Waals surface area (Å²) in [5.74, 6) is -0.796. The van der Waals surface area contributed by atoms with Crippen molar-refractivity contribution in [2.75, 3.05) is 21.3 Å². The van der Waals surface area contributed by atoms with Crippen LogP contribution in [0, 0.1) is 0 Å². The average Bonchev–Trinajstić information content (AvgIpc) is 2.30. The monoisotopic (exact) mass is 226 g/mol. The molecule has 0 saturated heterocycles. The molecule has 0 atom stereocenters. The number of hydrogen-bond donors (Lipinski definition) is 1. The van der Waals surface area contributed by atoms with Crippen LogP contribution in [-0.2, 0) is 9.47 Å². The molecule has 0 heterocycles. The quantitative estimate of drug-likeness (QED) is 0.774. The summed E-state index contributed by atoms with van der Waals surface area (Å²) < 4.78 is 15.1. The van der Waals surface area contributed by atoms with Gasteiger partial charge in [0.15, 0.2) is 6.29 Å². The summed E-state index contributed by atoms with van der Waals surface area (Å²) in [4.78, 5) is 11.1. The van der Waals surface area contributed by atoms with Crippen LogP contribution in [0.2, 0.25) is 0 Å². The fourth-order valence-electron chi connectivity index (χ4n) is 1.49. The SMILES string of the molecule is COc1cccc(C(OC)OC)c1C(=O)O. The van der Waals surface area contributed by atoms with E-state index in [1.165, 1.54) is 21.3 Å². The third-order valence-corrected chi connectivity index (χ3v) is 2.17. The molecule has 0 radical (unpaired) electrons. The number of rotatable bonds is 5. The lowest BCUT2D eigenvalue weighted by molar-refractivity contribution is -0.106. The zero-order valence-corrected chi connectivity index (χ0v) is 9.39. The van der Waals surface area contributed by atoms with Gasteiger partial charge in [0.1, 0.15) is 11.3 Å². The summed E-state index contributed by atoms with van der Waals surface area (Å²) in [6, 6.07) is 4.89. The second-order valence-corrected chi connectivity index (χ2v) is 3.03. The Balaban J connectivity index is 3.31. The van der Waals surface area contributed by atoms with E-state index in [4.69, 9.17) is 19.3 Å². The first kappa shape index (κ1) is 12.5. The van der Waals surface area contributed by atoms with Crippen molar-refractivity contribution in [1.82, 2.24) is 0 Å². The molecule has 5 nitrogen and oxygen atoms in total. The number of carboxylic acid groups (broad SMARTS) is 1. The van der Waals surface area contributed by atoms with E-state index in [0.29, 0.717) is 5.56 Å². The molecule has 0 aliphatic carbocycles. The molecule has 0 unspecified atom stereocenters. The lowest BCUT2D eigenvalue weighted by Gasteiger charge is -2.17. The van der Waals surface area contributed by atoms with E-state index in [1.807, 2.05) is 0 Å². The van der Waals surface area contributed by atoms with E-state index in [0.717, 1.165) is 0 Å². The molecule has 0 aromatic heterocycles. The third-order valence-electron chi connectivity index (χ3n) is 2.17. The molecular formula is C11H14O5. The van der Waals surface area contributed by atoms with Crippen LogP contribution in [-0.4, -0.2) is 32.4 Å². The fourth-order valence-corrected chi connectivity index (χ4v) is 1.49. The molecule has 88 valence electrons. The lowest BCUT2D eigenvalue weighted by Crippen LogP contribution is -2.12. The van der Waals surface area contributed by atoms with Crippen molar-refractivity contribution in [2.24, 2.45) is 0 Å². The van der Waals surface area contributed by atoms with Crippen molar-refractivity contribution < 1.29 is 24.1 Å². The summed E-state index contributed by atoms with van der Waals surface area (Å²) in [5, 5.41) is 9.13. The van der Waals surface area contributed by atoms with Crippen LogP contribution in [0.5, 0.6) is 5.75 Å². The van der Waals surface area contributed by atoms with E-state index in [-0.39, 0.29) is 11.3 Å². The normalized spacial score (nSPS) is 10.5. The molecular weight excluding hydrogens is 212 g/mol. The summed E-state index contributed by atoms with van der Waals surface area (Å²) in [5.41, 5.74) is 0.482. The van der Waals surface area contributed by atoms with Gasteiger partial charge < -0.3 is 19.3 Å². The summed E-state index contributed by atoms with van der Waals surface area (Å²) in [6.45, 7) is 0. The highest BCUT2D eigenvalue weighted by molar-refractivity contribution is 5.92. The highest BCUT2D eigenvalue weighted by Gasteiger charge is 2.22. The minimum atomic E-state index is -1.08. The molecule has 0 saturated carbocycles. The van der Waals surface area contributed by atoms with Gasteiger partial charge in [-0.15, -0.1) is 0 Å². The predicted octanol–water partition coefficient (Wildman–Crippen LogP) is 1.68. The van der Waals surface area contributed by atoms with E-state index >= 15 is 0 Å². The van der Waals surface area contributed by atoms with Crippen molar-refractivity contribution >= 4 is 5.97 Å². The first-order valence-corrected chi connectivity index (χ1v) is 4.61. The van der Waals surface area contributed by atoms with Gasteiger partial charge in [-0.3, -0.25) is 0 Å². The molecule has 5 heteroatoms. The molecule has 1 rings (SSSR count). The van der Waals surface area contributed by atoms with Gasteiger partial charge in [-0.2, -0.15) is 0 Å². The number of carbonyl (C=O) groups is 1. The van der Waals surface area contributed by atoms with Crippen LogP contribution >= 0.6 is 0 Å². The molecule has 1 aromatic rings. The maximum atomic E-state index is 11.1. The van der Waals surface area contributed by atoms with E-state index in [9.17, 15) is 4.79 Å². The third kappa shape index (κ3) is 2.32. The number of ether oxygens (including phenoxy) is 3. The first-order chi connectivity index (χ1) is 7.65. The van der Waals surface area contributed by atoms with E-state index < -0.39 is 12.3 Å². The van der Waals surface area contributed by atoms with Crippen molar-refractivity contribution in [2.45, 2.75) is 6.29 Å². The Hall–Kier alpha value is -1.59. The van der Waals surface area contributed by atoms with Gasteiger partial charge in [-0.1, -0.05) is 12.1 Å². The van der Waals surface area contributed by atoms with Crippen LogP contribution in [0.15, 0.2) is 18.2 Å². The molecule has 0 aliphatic heterocycles. The standard InChI is InChI=1S/C11H14O5/c1-14-8-6-4-5-7(9(8)10(12)13)11(15-2)16-3/h4-6,11H,1-3H3,(H,12,13). The molecule has 0 bridgehead atoms. The average molecular weight is 226 g/mol. The van der Waals surface area contributed by atoms with Crippen LogP contribution < -0.4 is 4.74 Å². The highest BCUT2D eigenvalue weighted by Crippen LogP contribution is 2.28. The minimum Gasteiger partial charge on any atom is -0.496 e. The summed E-state index contributed by atoms with van der Waals surface area (Å²) >= 11 is 0. The first-order valence-electron chi connectivity index (χ1n) is 4.61. The van der Waals surface area contributed by atoms with Crippen LogP contribution in [0.3, 0.4) is 0 Å². The fraction of sp³-hybridized carbons (Fsp3) is 0.364. The van der Waals surface area contributed by atoms with E-state index in [2.05, 4.69) is 0 Å². The van der Waals surface area contributed by atoms with Crippen LogP contribution in [0.25, 0.3) is 0 Å². The predicted molar refractivity (Wildman–Crippen MR) is 56.7 cm³/mol. The van der Waals surface area contributed by atoms with Crippen LogP contribution in [0.1, 0.15) is 22.2 Å². The number of methoxy groups -OCH3 is 3. The Morgan fingerprint density at radius 3 is 2.31 bits per heavy atom. The second-order valence-electron chi connectivity index (χ2n) is 3.03. The van der Waals surface area contributed by atoms with Gasteiger partial charge in [0.2, 0.25) is 0 Å². The molecule has 0 aliphatic rings. The Morgan fingerprint density at radius 1 is 1.25 bits per heavy atom. The summed E-state index contributed by atoms with van der Waals surface area (Å²) in [6.07, 6.45) is -0.721. The largest absolute Gasteiger partial charge is 0.496 e. The maximum absolute atomic E-state index is 11.1. The van der Waals surface area contributed by atoms with Gasteiger partial charge in [0.25, 0.3) is 0 Å². The Morgan fingerprint density at radius 2 is 1.88 bits per heavy atom. The zero-order chi connectivity index (χ0) is 12.1. The maximum Gasteiger partial charge on any atom is 0.339 e. The molecule has 16 heavy (non-hydrogen) atoms. The number of carboxylic acids is 1. The topological polar surface area (TPSA) is 65.0 Å². The number of hydrogen-bond acceptors (Lipinski definition) is 4. The van der Waals surface area contributed by atoms with Crippen molar-refractivity contribution in [3.63, 3.8) is 0 Å². The molecule has 1 N–H and O–H groups in total. The van der Waals surface area contributed by atoms with Crippen molar-refractivity contribution in [3.8, 4) is 5.75 Å². The van der Waals surface area contributed by atoms with Gasteiger partial charge in [-0.05, 0) is 6.07 Å². The number of benzene rings is 1. The minimum absolute atomic E-state index is 0.0544. The van der Waals surface area contributed by atoms with Crippen molar-refractivity contribution in [3.05, 3.63) is 29.3 Å². The summed E-state index contributed by atoms with van der Waals surface area (Å²) in [7, 11) is 4.30. The molecule has 0 fully saturated rings. The van der Waals surface area contributed by atoms with Gasteiger partial charge in [0, 0.05) is 19.8 Å².